The van der Waals surface area contributed by atoms with Crippen molar-refractivity contribution in [2.45, 2.75) is 39.0 Å². The molecule has 0 aromatic heterocycles. The summed E-state index contributed by atoms with van der Waals surface area (Å²) in [6.07, 6.45) is 1.91. The van der Waals surface area contributed by atoms with Gasteiger partial charge in [-0.05, 0) is 34.6 Å². The topological polar surface area (TPSA) is 23.8 Å². The van der Waals surface area contributed by atoms with Gasteiger partial charge in [-0.25, -0.2) is 0 Å². The first kappa shape index (κ1) is 12.5. The first-order valence-corrected chi connectivity index (χ1v) is 5.56. The molecule has 1 aromatic rings. The normalized spacial score (nSPS) is 12.9. The summed E-state index contributed by atoms with van der Waals surface area (Å²) in [5, 5.41) is 9.03. The van der Waals surface area contributed by atoms with Crippen molar-refractivity contribution in [3.8, 4) is 6.07 Å². The molecule has 1 atom stereocenters. The van der Waals surface area contributed by atoms with E-state index < -0.39 is 0 Å². The number of benzene rings is 1. The first-order chi connectivity index (χ1) is 7.38. The van der Waals surface area contributed by atoms with E-state index in [9.17, 15) is 0 Å². The van der Waals surface area contributed by atoms with Crippen LogP contribution in [0, 0.1) is 11.3 Å². The Morgan fingerprint density at radius 2 is 1.94 bits per heavy atom. The molecule has 0 fully saturated rings. The molecule has 1 nitrogen and oxygen atoms in total. The summed E-state index contributed by atoms with van der Waals surface area (Å²) in [5.74, 6) is 0.286. The zero-order chi connectivity index (χ0) is 12.3. The van der Waals surface area contributed by atoms with Crippen molar-refractivity contribution in [1.29, 1.82) is 5.26 Å². The minimum absolute atomic E-state index is 0.0719. The van der Waals surface area contributed by atoms with E-state index in [1.54, 1.807) is 0 Å². The highest BCUT2D eigenvalue weighted by Gasteiger charge is 2.16. The van der Waals surface area contributed by atoms with Crippen molar-refractivity contribution in [1.82, 2.24) is 0 Å². The van der Waals surface area contributed by atoms with Crippen molar-refractivity contribution in [3.63, 3.8) is 0 Å². The van der Waals surface area contributed by atoms with E-state index >= 15 is 0 Å². The fourth-order valence-electron chi connectivity index (χ4n) is 1.55. The highest BCUT2D eigenvalue weighted by Crippen LogP contribution is 2.27. The highest BCUT2D eigenvalue weighted by molar-refractivity contribution is 5.42. The lowest BCUT2D eigenvalue weighted by Crippen LogP contribution is -2.12. The van der Waals surface area contributed by atoms with Gasteiger partial charge in [0.1, 0.15) is 0 Å². The lowest BCUT2D eigenvalue weighted by Gasteiger charge is -2.21. The fourth-order valence-corrected chi connectivity index (χ4v) is 1.55. The molecular weight excluding hydrogens is 194 g/mol. The minimum atomic E-state index is 0.0719. The predicted molar refractivity (Wildman–Crippen MR) is 68.5 cm³/mol. The molecule has 84 valence electrons. The third-order valence-electron chi connectivity index (χ3n) is 2.83. The standard InChI is InChI=1S/C15H19N/c1-6-11(2)13-7-12(10-16)8-14(9-13)15(3,4)5/h6-9,11H,1H2,2-5H3. The maximum absolute atomic E-state index is 9.03. The third-order valence-corrected chi connectivity index (χ3v) is 2.83. The van der Waals surface area contributed by atoms with E-state index in [1.807, 2.05) is 18.2 Å². The number of hydrogen-bond acceptors (Lipinski definition) is 1. The van der Waals surface area contributed by atoms with Crippen molar-refractivity contribution in [3.05, 3.63) is 47.5 Å². The molecule has 0 aliphatic carbocycles. The molecule has 0 radical (unpaired) electrons. The minimum Gasteiger partial charge on any atom is -0.192 e. The average molecular weight is 213 g/mol. The third kappa shape index (κ3) is 2.73. The van der Waals surface area contributed by atoms with Crippen LogP contribution in [0.25, 0.3) is 0 Å². The van der Waals surface area contributed by atoms with Gasteiger partial charge in [0.05, 0.1) is 11.6 Å². The van der Waals surface area contributed by atoms with E-state index in [-0.39, 0.29) is 11.3 Å². The van der Waals surface area contributed by atoms with E-state index in [1.165, 1.54) is 11.1 Å². The smallest absolute Gasteiger partial charge is 0.0991 e. The van der Waals surface area contributed by atoms with Crippen LogP contribution >= 0.6 is 0 Å². The summed E-state index contributed by atoms with van der Waals surface area (Å²) >= 11 is 0. The van der Waals surface area contributed by atoms with Gasteiger partial charge in [-0.1, -0.05) is 39.8 Å². The Balaban J connectivity index is 3.33. The molecule has 1 rings (SSSR count). The van der Waals surface area contributed by atoms with E-state index in [0.717, 1.165) is 5.56 Å². The monoisotopic (exact) mass is 213 g/mol. The largest absolute Gasteiger partial charge is 0.192 e. The van der Waals surface area contributed by atoms with Crippen LogP contribution in [0.4, 0.5) is 0 Å². The zero-order valence-corrected chi connectivity index (χ0v) is 10.5. The average Bonchev–Trinajstić information content (AvgIpc) is 2.26. The van der Waals surface area contributed by atoms with Crippen LogP contribution in [0.3, 0.4) is 0 Å². The van der Waals surface area contributed by atoms with Crippen LogP contribution in [0.5, 0.6) is 0 Å². The number of rotatable bonds is 2. The lowest BCUT2D eigenvalue weighted by atomic mass is 9.83. The van der Waals surface area contributed by atoms with Gasteiger partial charge in [0.25, 0.3) is 0 Å². The molecule has 0 saturated heterocycles. The predicted octanol–water partition coefficient (Wildman–Crippen LogP) is 4.15. The number of hydrogen-bond donors (Lipinski definition) is 0. The van der Waals surface area contributed by atoms with E-state index in [0.29, 0.717) is 0 Å². The molecule has 0 saturated carbocycles. The lowest BCUT2D eigenvalue weighted by molar-refractivity contribution is 0.588. The Kier molecular flexibility index (Phi) is 3.55. The summed E-state index contributed by atoms with van der Waals surface area (Å²) in [5.41, 5.74) is 3.17. The van der Waals surface area contributed by atoms with Crippen LogP contribution in [0.15, 0.2) is 30.9 Å². The second-order valence-corrected chi connectivity index (χ2v) is 5.23. The van der Waals surface area contributed by atoms with E-state index in [4.69, 9.17) is 5.26 Å². The molecule has 0 amide bonds. The first-order valence-electron chi connectivity index (χ1n) is 5.56. The maximum atomic E-state index is 9.03. The summed E-state index contributed by atoms with van der Waals surface area (Å²) < 4.78 is 0. The second-order valence-electron chi connectivity index (χ2n) is 5.23. The molecule has 1 aromatic carbocycles. The van der Waals surface area contributed by atoms with E-state index in [2.05, 4.69) is 46.4 Å². The number of nitrogens with zero attached hydrogens (tertiary/aromatic N) is 1. The van der Waals surface area contributed by atoms with Gasteiger partial charge < -0.3 is 0 Å². The summed E-state index contributed by atoms with van der Waals surface area (Å²) in [6, 6.07) is 8.32. The molecule has 1 heteroatoms. The molecule has 0 N–H and O–H groups in total. The van der Waals surface area contributed by atoms with Crippen molar-refractivity contribution < 1.29 is 0 Å². The second kappa shape index (κ2) is 4.53. The van der Waals surface area contributed by atoms with Gasteiger partial charge in [-0.15, -0.1) is 6.58 Å². The van der Waals surface area contributed by atoms with Crippen LogP contribution < -0.4 is 0 Å². The maximum Gasteiger partial charge on any atom is 0.0991 e. The van der Waals surface area contributed by atoms with Crippen molar-refractivity contribution in [2.75, 3.05) is 0 Å². The molecule has 1 unspecified atom stereocenters. The quantitative estimate of drug-likeness (QED) is 0.677. The van der Waals surface area contributed by atoms with Crippen LogP contribution in [0.1, 0.15) is 50.3 Å². The van der Waals surface area contributed by atoms with Gasteiger partial charge in [-0.2, -0.15) is 5.26 Å². The van der Waals surface area contributed by atoms with Gasteiger partial charge in [0.15, 0.2) is 0 Å². The van der Waals surface area contributed by atoms with Gasteiger partial charge in [-0.3, -0.25) is 0 Å². The Morgan fingerprint density at radius 3 is 2.38 bits per heavy atom. The molecule has 0 aliphatic rings. The van der Waals surface area contributed by atoms with Gasteiger partial charge >= 0.3 is 0 Å². The molecule has 0 bridgehead atoms. The van der Waals surface area contributed by atoms with Gasteiger partial charge in [0.2, 0.25) is 0 Å². The van der Waals surface area contributed by atoms with Crippen LogP contribution in [-0.2, 0) is 5.41 Å². The van der Waals surface area contributed by atoms with Crippen molar-refractivity contribution >= 4 is 0 Å². The Morgan fingerprint density at radius 1 is 1.31 bits per heavy atom. The Bertz CT molecular complexity index is 430. The van der Waals surface area contributed by atoms with Crippen LogP contribution in [0.2, 0.25) is 0 Å². The molecule has 0 aliphatic heterocycles. The summed E-state index contributed by atoms with van der Waals surface area (Å²) in [4.78, 5) is 0. The Hall–Kier alpha value is -1.55. The number of nitriles is 1. The molecule has 0 spiro atoms. The molecule has 0 heterocycles. The highest BCUT2D eigenvalue weighted by atomic mass is 14.3. The molecule has 16 heavy (non-hydrogen) atoms. The van der Waals surface area contributed by atoms with Crippen LogP contribution in [-0.4, -0.2) is 0 Å². The SMILES string of the molecule is C=CC(C)c1cc(C#N)cc(C(C)(C)C)c1. The fraction of sp³-hybridized carbons (Fsp3) is 0.400. The number of allylic oxidation sites excluding steroid dienone is 1. The summed E-state index contributed by atoms with van der Waals surface area (Å²) in [6.45, 7) is 12.4. The zero-order valence-electron chi connectivity index (χ0n) is 10.5. The Labute approximate surface area is 98.4 Å². The molecular formula is C15H19N. The van der Waals surface area contributed by atoms with Crippen molar-refractivity contribution in [2.24, 2.45) is 0 Å². The van der Waals surface area contributed by atoms with Gasteiger partial charge in [0, 0.05) is 0 Å². The summed E-state index contributed by atoms with van der Waals surface area (Å²) in [7, 11) is 0.